The lowest BCUT2D eigenvalue weighted by molar-refractivity contribution is -0.127. The second-order valence-electron chi connectivity index (χ2n) is 5.34. The van der Waals surface area contributed by atoms with Crippen LogP contribution in [0.5, 0.6) is 0 Å². The molecule has 6 nitrogen and oxygen atoms in total. The zero-order chi connectivity index (χ0) is 16.1. The lowest BCUT2D eigenvalue weighted by Gasteiger charge is -2.09. The van der Waals surface area contributed by atoms with Crippen LogP contribution < -0.4 is 5.32 Å². The van der Waals surface area contributed by atoms with Crippen molar-refractivity contribution in [2.75, 3.05) is 46.2 Å². The lowest BCUT2D eigenvalue weighted by Crippen LogP contribution is -2.31. The normalized spacial score (nSPS) is 11.1. The largest absolute Gasteiger partial charge is 0.377 e. The molecule has 0 aromatic heterocycles. The highest BCUT2D eigenvalue weighted by molar-refractivity contribution is 5.81. The quantitative estimate of drug-likeness (QED) is 0.515. The Labute approximate surface area is 127 Å². The molecule has 0 aliphatic heterocycles. The van der Waals surface area contributed by atoms with E-state index in [9.17, 15) is 9.59 Å². The summed E-state index contributed by atoms with van der Waals surface area (Å²) in [6.45, 7) is 10.3. The Morgan fingerprint density at radius 1 is 0.810 bits per heavy atom. The molecular formula is C15H29NO5. The molecule has 0 atom stereocenters. The van der Waals surface area contributed by atoms with Gasteiger partial charge in [0.1, 0.15) is 6.61 Å². The number of nitrogens with one attached hydrogen (secondary N) is 1. The van der Waals surface area contributed by atoms with Gasteiger partial charge in [-0.05, 0) is 0 Å². The van der Waals surface area contributed by atoms with Gasteiger partial charge in [-0.25, -0.2) is 0 Å². The summed E-state index contributed by atoms with van der Waals surface area (Å²) < 4.78 is 15.8. The molecule has 21 heavy (non-hydrogen) atoms. The molecule has 0 fully saturated rings. The minimum atomic E-state index is -0.00379. The number of hydrogen-bond acceptors (Lipinski definition) is 5. The number of amides is 1. The summed E-state index contributed by atoms with van der Waals surface area (Å²) in [7, 11) is 0. The zero-order valence-corrected chi connectivity index (χ0v) is 13.6. The van der Waals surface area contributed by atoms with E-state index in [0.29, 0.717) is 39.6 Å². The Morgan fingerprint density at radius 2 is 1.33 bits per heavy atom. The highest BCUT2D eigenvalue weighted by Crippen LogP contribution is 1.94. The van der Waals surface area contributed by atoms with Crippen LogP contribution in [0.2, 0.25) is 0 Å². The van der Waals surface area contributed by atoms with Gasteiger partial charge in [-0.2, -0.15) is 0 Å². The number of ketones is 1. The number of carbonyl (C=O) groups is 2. The smallest absolute Gasteiger partial charge is 0.222 e. The molecule has 0 unspecified atom stereocenters. The maximum atomic E-state index is 11.3. The molecule has 124 valence electrons. The molecule has 0 aliphatic carbocycles. The standard InChI is InChI=1S/C15H29NO5/c1-12(2)14(17)11-21-10-9-20-8-7-19-6-5-16-15(18)13(3)4/h12-13H,5-11H2,1-4H3,(H,16,18). The number of rotatable bonds is 13. The van der Waals surface area contributed by atoms with Crippen molar-refractivity contribution in [2.45, 2.75) is 27.7 Å². The van der Waals surface area contributed by atoms with Crippen molar-refractivity contribution >= 4 is 11.7 Å². The molecular weight excluding hydrogens is 274 g/mol. The van der Waals surface area contributed by atoms with Crippen molar-refractivity contribution in [3.63, 3.8) is 0 Å². The molecule has 0 radical (unpaired) electrons. The summed E-state index contributed by atoms with van der Waals surface area (Å²) in [6, 6.07) is 0. The van der Waals surface area contributed by atoms with Gasteiger partial charge >= 0.3 is 0 Å². The maximum absolute atomic E-state index is 11.3. The lowest BCUT2D eigenvalue weighted by atomic mass is 10.1. The van der Waals surface area contributed by atoms with Gasteiger partial charge in [0.2, 0.25) is 5.91 Å². The first-order valence-corrected chi connectivity index (χ1v) is 7.48. The van der Waals surface area contributed by atoms with Crippen LogP contribution in [0.4, 0.5) is 0 Å². The van der Waals surface area contributed by atoms with Gasteiger partial charge in [0.05, 0.1) is 33.0 Å². The van der Waals surface area contributed by atoms with Crippen molar-refractivity contribution in [3.8, 4) is 0 Å². The number of ether oxygens (including phenoxy) is 3. The van der Waals surface area contributed by atoms with Gasteiger partial charge in [-0.3, -0.25) is 9.59 Å². The number of hydrogen-bond donors (Lipinski definition) is 1. The van der Waals surface area contributed by atoms with E-state index in [0.717, 1.165) is 0 Å². The average Bonchev–Trinajstić information content (AvgIpc) is 2.43. The van der Waals surface area contributed by atoms with Crippen LogP contribution >= 0.6 is 0 Å². The highest BCUT2D eigenvalue weighted by atomic mass is 16.5. The van der Waals surface area contributed by atoms with Crippen LogP contribution in [-0.4, -0.2) is 57.9 Å². The van der Waals surface area contributed by atoms with Gasteiger partial charge in [0.25, 0.3) is 0 Å². The molecule has 0 aliphatic rings. The first-order chi connectivity index (χ1) is 9.95. The summed E-state index contributed by atoms with van der Waals surface area (Å²) >= 11 is 0. The van der Waals surface area contributed by atoms with Crippen LogP contribution in [-0.2, 0) is 23.8 Å². The van der Waals surface area contributed by atoms with E-state index >= 15 is 0 Å². The number of Topliss-reactive ketones (excluding diaryl/α,β-unsaturated/α-hetero) is 1. The van der Waals surface area contributed by atoms with Crippen LogP contribution in [0.25, 0.3) is 0 Å². The Bertz CT molecular complexity index is 264. The molecule has 0 rings (SSSR count). The summed E-state index contributed by atoms with van der Waals surface area (Å²) in [4.78, 5) is 22.5. The first-order valence-electron chi connectivity index (χ1n) is 7.48. The fraction of sp³-hybridized carbons (Fsp3) is 0.867. The van der Waals surface area contributed by atoms with E-state index in [-0.39, 0.29) is 30.1 Å². The second kappa shape index (κ2) is 12.7. The van der Waals surface area contributed by atoms with Crippen LogP contribution in [0, 0.1) is 11.8 Å². The van der Waals surface area contributed by atoms with Crippen LogP contribution in [0.15, 0.2) is 0 Å². The molecule has 6 heteroatoms. The molecule has 0 heterocycles. The molecule has 1 amide bonds. The summed E-state index contributed by atoms with van der Waals surface area (Å²) in [5.74, 6) is 0.135. The Balaban J connectivity index is 3.20. The fourth-order valence-corrected chi connectivity index (χ4v) is 1.23. The predicted octanol–water partition coefficient (Wildman–Crippen LogP) is 1.03. The fourth-order valence-electron chi connectivity index (χ4n) is 1.23. The Morgan fingerprint density at radius 3 is 1.86 bits per heavy atom. The second-order valence-corrected chi connectivity index (χ2v) is 5.34. The molecule has 0 saturated carbocycles. The van der Waals surface area contributed by atoms with E-state index < -0.39 is 0 Å². The molecule has 0 aromatic rings. The van der Waals surface area contributed by atoms with Gasteiger partial charge in [-0.15, -0.1) is 0 Å². The summed E-state index contributed by atoms with van der Waals surface area (Å²) in [5, 5.41) is 2.76. The minimum Gasteiger partial charge on any atom is -0.377 e. The average molecular weight is 303 g/mol. The van der Waals surface area contributed by atoms with Crippen molar-refractivity contribution in [2.24, 2.45) is 11.8 Å². The van der Waals surface area contributed by atoms with E-state index in [2.05, 4.69) is 5.32 Å². The first kappa shape index (κ1) is 20.0. The molecule has 0 bridgehead atoms. The van der Waals surface area contributed by atoms with E-state index in [1.807, 2.05) is 27.7 Å². The van der Waals surface area contributed by atoms with Gasteiger partial charge in [0.15, 0.2) is 5.78 Å². The van der Waals surface area contributed by atoms with Crippen LogP contribution in [0.3, 0.4) is 0 Å². The topological polar surface area (TPSA) is 73.9 Å². The third-order valence-electron chi connectivity index (χ3n) is 2.70. The molecule has 0 spiro atoms. The van der Waals surface area contributed by atoms with Crippen molar-refractivity contribution < 1.29 is 23.8 Å². The van der Waals surface area contributed by atoms with Crippen molar-refractivity contribution in [1.29, 1.82) is 0 Å². The van der Waals surface area contributed by atoms with Gasteiger partial charge in [0, 0.05) is 18.4 Å². The zero-order valence-electron chi connectivity index (χ0n) is 13.6. The number of carbonyl (C=O) groups excluding carboxylic acids is 2. The van der Waals surface area contributed by atoms with Gasteiger partial charge < -0.3 is 19.5 Å². The third kappa shape index (κ3) is 12.5. The molecule has 0 saturated heterocycles. The van der Waals surface area contributed by atoms with Crippen molar-refractivity contribution in [3.05, 3.63) is 0 Å². The Hall–Kier alpha value is -0.980. The van der Waals surface area contributed by atoms with E-state index in [1.165, 1.54) is 0 Å². The highest BCUT2D eigenvalue weighted by Gasteiger charge is 2.06. The summed E-state index contributed by atoms with van der Waals surface area (Å²) in [6.07, 6.45) is 0. The molecule has 0 aromatic carbocycles. The Kier molecular flexibility index (Phi) is 12.1. The monoisotopic (exact) mass is 303 g/mol. The van der Waals surface area contributed by atoms with Gasteiger partial charge in [-0.1, -0.05) is 27.7 Å². The molecule has 1 N–H and O–H groups in total. The maximum Gasteiger partial charge on any atom is 0.222 e. The van der Waals surface area contributed by atoms with E-state index in [4.69, 9.17) is 14.2 Å². The minimum absolute atomic E-state index is 0.00379. The van der Waals surface area contributed by atoms with E-state index in [1.54, 1.807) is 0 Å². The van der Waals surface area contributed by atoms with Crippen molar-refractivity contribution in [1.82, 2.24) is 5.32 Å². The SMILES string of the molecule is CC(C)C(=O)COCCOCCOCCNC(=O)C(C)C. The third-order valence-corrected chi connectivity index (χ3v) is 2.70. The van der Waals surface area contributed by atoms with Crippen LogP contribution in [0.1, 0.15) is 27.7 Å². The predicted molar refractivity (Wildman–Crippen MR) is 80.1 cm³/mol. The summed E-state index contributed by atoms with van der Waals surface area (Å²) in [5.41, 5.74) is 0.